The van der Waals surface area contributed by atoms with Crippen LogP contribution in [-0.2, 0) is 4.79 Å². The molecule has 1 aliphatic rings. The van der Waals surface area contributed by atoms with Crippen LogP contribution in [0.4, 0.5) is 10.1 Å². The molecule has 6 heteroatoms. The van der Waals surface area contributed by atoms with Crippen molar-refractivity contribution in [3.63, 3.8) is 0 Å². The summed E-state index contributed by atoms with van der Waals surface area (Å²) in [6.45, 7) is 3.74. The van der Waals surface area contributed by atoms with Crippen molar-refractivity contribution in [3.8, 4) is 0 Å². The first-order valence-electron chi connectivity index (χ1n) is 7.86. The third kappa shape index (κ3) is 3.85. The van der Waals surface area contributed by atoms with E-state index in [0.717, 1.165) is 5.56 Å². The number of carbonyl (C=O) groups excluding carboxylic acids is 1. The Bertz CT molecular complexity index is 878. The summed E-state index contributed by atoms with van der Waals surface area (Å²) >= 11 is 5.20. The minimum Gasteiger partial charge on any atom is -0.351 e. The van der Waals surface area contributed by atoms with Crippen LogP contribution in [0.2, 0.25) is 0 Å². The van der Waals surface area contributed by atoms with Crippen molar-refractivity contribution in [1.29, 1.82) is 0 Å². The Morgan fingerprint density at radius 2 is 1.92 bits per heavy atom. The number of amides is 1. The number of anilines is 1. The van der Waals surface area contributed by atoms with Crippen LogP contribution >= 0.6 is 12.2 Å². The van der Waals surface area contributed by atoms with Gasteiger partial charge in [-0.1, -0.05) is 24.3 Å². The van der Waals surface area contributed by atoms with Crippen molar-refractivity contribution in [2.75, 3.05) is 5.32 Å². The fourth-order valence-electron chi connectivity index (χ4n) is 2.85. The van der Waals surface area contributed by atoms with Gasteiger partial charge in [0.15, 0.2) is 5.11 Å². The number of thiocarbonyl (C=S) groups is 1. The van der Waals surface area contributed by atoms with Crippen LogP contribution in [0.5, 0.6) is 0 Å². The highest BCUT2D eigenvalue weighted by Crippen LogP contribution is 2.28. The first-order chi connectivity index (χ1) is 11.9. The summed E-state index contributed by atoms with van der Waals surface area (Å²) < 4.78 is 13.6. The van der Waals surface area contributed by atoms with Crippen molar-refractivity contribution in [2.24, 2.45) is 0 Å². The van der Waals surface area contributed by atoms with Gasteiger partial charge in [-0.05, 0) is 61.5 Å². The molecule has 0 aromatic heterocycles. The zero-order valence-corrected chi connectivity index (χ0v) is 14.7. The minimum atomic E-state index is -0.519. The average molecular weight is 355 g/mol. The number of allylic oxidation sites excluding steroid dienone is 1. The van der Waals surface area contributed by atoms with E-state index in [0.29, 0.717) is 27.6 Å². The van der Waals surface area contributed by atoms with Crippen molar-refractivity contribution < 1.29 is 9.18 Å². The van der Waals surface area contributed by atoms with E-state index in [4.69, 9.17) is 12.2 Å². The van der Waals surface area contributed by atoms with Gasteiger partial charge in [0, 0.05) is 11.4 Å². The van der Waals surface area contributed by atoms with Crippen LogP contribution < -0.4 is 16.0 Å². The number of aryl methyl sites for hydroxylation is 1. The number of hydrogen-bond acceptors (Lipinski definition) is 2. The summed E-state index contributed by atoms with van der Waals surface area (Å²) in [5.74, 6) is -0.625. The Hall–Kier alpha value is -2.73. The van der Waals surface area contributed by atoms with Crippen molar-refractivity contribution in [1.82, 2.24) is 10.6 Å². The van der Waals surface area contributed by atoms with Gasteiger partial charge in [0.1, 0.15) is 5.82 Å². The molecule has 0 saturated carbocycles. The van der Waals surface area contributed by atoms with Gasteiger partial charge in [0.25, 0.3) is 5.91 Å². The standard InChI is InChI=1S/C19H18FN3OS/c1-11-5-3-8-15(9-11)22-18(24)16-12(2)21-19(25)23-17(16)13-6-4-7-14(20)10-13/h3-10,17H,1-2H3,(H,22,24)(H2,21,23,25)/t17-/m0/s1. The monoisotopic (exact) mass is 355 g/mol. The molecular formula is C19H18FN3OS. The second kappa shape index (κ2) is 7.03. The maximum atomic E-state index is 13.6. The Balaban J connectivity index is 1.96. The fourth-order valence-corrected chi connectivity index (χ4v) is 3.12. The molecule has 3 N–H and O–H groups in total. The summed E-state index contributed by atoms with van der Waals surface area (Å²) in [5, 5.41) is 9.32. The number of rotatable bonds is 3. The van der Waals surface area contributed by atoms with E-state index in [1.807, 2.05) is 31.2 Å². The van der Waals surface area contributed by atoms with Gasteiger partial charge < -0.3 is 16.0 Å². The minimum absolute atomic E-state index is 0.264. The topological polar surface area (TPSA) is 53.2 Å². The van der Waals surface area contributed by atoms with E-state index in [2.05, 4.69) is 16.0 Å². The molecule has 1 heterocycles. The molecule has 3 rings (SSSR count). The molecule has 128 valence electrons. The maximum absolute atomic E-state index is 13.6. The lowest BCUT2D eigenvalue weighted by atomic mass is 9.95. The van der Waals surface area contributed by atoms with Crippen LogP contribution in [0, 0.1) is 12.7 Å². The summed E-state index contributed by atoms with van der Waals surface area (Å²) in [5.41, 5.74) is 3.50. The number of halogens is 1. The summed E-state index contributed by atoms with van der Waals surface area (Å²) in [6.07, 6.45) is 0. The van der Waals surface area contributed by atoms with E-state index >= 15 is 0 Å². The molecule has 2 aromatic rings. The molecule has 0 spiro atoms. The van der Waals surface area contributed by atoms with E-state index < -0.39 is 6.04 Å². The fraction of sp³-hybridized carbons (Fsp3) is 0.158. The van der Waals surface area contributed by atoms with Gasteiger partial charge in [-0.15, -0.1) is 0 Å². The van der Waals surface area contributed by atoms with Gasteiger partial charge in [0.2, 0.25) is 0 Å². The Labute approximate surface area is 151 Å². The summed E-state index contributed by atoms with van der Waals surface area (Å²) in [7, 11) is 0. The molecule has 1 aliphatic heterocycles. The second-order valence-corrected chi connectivity index (χ2v) is 6.36. The highest BCUT2D eigenvalue weighted by molar-refractivity contribution is 7.80. The van der Waals surface area contributed by atoms with E-state index in [1.54, 1.807) is 19.1 Å². The largest absolute Gasteiger partial charge is 0.351 e. The number of carbonyl (C=O) groups is 1. The smallest absolute Gasteiger partial charge is 0.255 e. The Morgan fingerprint density at radius 1 is 1.16 bits per heavy atom. The first kappa shape index (κ1) is 17.1. The van der Waals surface area contributed by atoms with Gasteiger partial charge in [-0.2, -0.15) is 0 Å². The van der Waals surface area contributed by atoms with Crippen molar-refractivity contribution in [2.45, 2.75) is 19.9 Å². The SMILES string of the molecule is CC1=C(C(=O)Nc2cccc(C)c2)[C@H](c2cccc(F)c2)NC(=S)N1. The molecule has 0 radical (unpaired) electrons. The van der Waals surface area contributed by atoms with Crippen molar-refractivity contribution >= 4 is 28.9 Å². The average Bonchev–Trinajstić information content (AvgIpc) is 2.54. The number of hydrogen-bond donors (Lipinski definition) is 3. The van der Waals surface area contributed by atoms with Gasteiger partial charge in [-0.3, -0.25) is 4.79 Å². The van der Waals surface area contributed by atoms with E-state index in [9.17, 15) is 9.18 Å². The lowest BCUT2D eigenvalue weighted by Gasteiger charge is -2.30. The molecule has 0 fully saturated rings. The zero-order chi connectivity index (χ0) is 18.0. The summed E-state index contributed by atoms with van der Waals surface area (Å²) in [4.78, 5) is 12.9. The third-order valence-electron chi connectivity index (χ3n) is 3.97. The van der Waals surface area contributed by atoms with Crippen LogP contribution in [0.1, 0.15) is 24.1 Å². The molecule has 1 amide bonds. The van der Waals surface area contributed by atoms with E-state index in [-0.39, 0.29) is 11.7 Å². The lowest BCUT2D eigenvalue weighted by molar-refractivity contribution is -0.113. The molecule has 25 heavy (non-hydrogen) atoms. The number of benzene rings is 2. The second-order valence-electron chi connectivity index (χ2n) is 5.95. The van der Waals surface area contributed by atoms with Gasteiger partial charge in [-0.25, -0.2) is 4.39 Å². The molecule has 1 atom stereocenters. The van der Waals surface area contributed by atoms with Crippen molar-refractivity contribution in [3.05, 3.63) is 76.7 Å². The molecule has 0 unspecified atom stereocenters. The van der Waals surface area contributed by atoms with Crippen LogP contribution in [0.15, 0.2) is 59.8 Å². The summed E-state index contributed by atoms with van der Waals surface area (Å²) in [6, 6.07) is 13.2. The normalized spacial score (nSPS) is 16.9. The molecule has 0 aliphatic carbocycles. The molecule has 2 aromatic carbocycles. The molecule has 0 saturated heterocycles. The van der Waals surface area contributed by atoms with Crippen LogP contribution in [0.3, 0.4) is 0 Å². The Kier molecular flexibility index (Phi) is 4.81. The predicted molar refractivity (Wildman–Crippen MR) is 101 cm³/mol. The quantitative estimate of drug-likeness (QED) is 0.737. The maximum Gasteiger partial charge on any atom is 0.255 e. The third-order valence-corrected chi connectivity index (χ3v) is 4.19. The lowest BCUT2D eigenvalue weighted by Crippen LogP contribution is -2.45. The highest BCUT2D eigenvalue weighted by atomic mass is 32.1. The van der Waals surface area contributed by atoms with Crippen LogP contribution in [0.25, 0.3) is 0 Å². The van der Waals surface area contributed by atoms with Gasteiger partial charge in [0.05, 0.1) is 11.6 Å². The Morgan fingerprint density at radius 3 is 2.64 bits per heavy atom. The predicted octanol–water partition coefficient (Wildman–Crippen LogP) is 3.57. The molecule has 0 bridgehead atoms. The molecule has 4 nitrogen and oxygen atoms in total. The zero-order valence-electron chi connectivity index (χ0n) is 13.9. The molecular weight excluding hydrogens is 337 g/mol. The van der Waals surface area contributed by atoms with Gasteiger partial charge >= 0.3 is 0 Å². The van der Waals surface area contributed by atoms with E-state index in [1.165, 1.54) is 12.1 Å². The number of nitrogens with one attached hydrogen (secondary N) is 3. The van der Waals surface area contributed by atoms with Crippen LogP contribution in [-0.4, -0.2) is 11.0 Å². The highest BCUT2D eigenvalue weighted by Gasteiger charge is 2.30. The first-order valence-corrected chi connectivity index (χ1v) is 8.26.